The summed E-state index contributed by atoms with van der Waals surface area (Å²) in [5, 5.41) is 17.3. The molecule has 0 atom stereocenters. The molecule has 5 nitrogen and oxygen atoms in total. The summed E-state index contributed by atoms with van der Waals surface area (Å²) in [5.41, 5.74) is 2.35. The summed E-state index contributed by atoms with van der Waals surface area (Å²) in [4.78, 5) is 12.9. The van der Waals surface area contributed by atoms with E-state index < -0.39 is 0 Å². The molecule has 0 saturated heterocycles. The van der Waals surface area contributed by atoms with Crippen LogP contribution in [0.15, 0.2) is 60.7 Å². The van der Waals surface area contributed by atoms with Crippen LogP contribution in [-0.2, 0) is 6.42 Å². The number of aliphatic hydroxyl groups excluding tert-OH is 1. The van der Waals surface area contributed by atoms with Crippen LogP contribution < -0.4 is 15.4 Å². The molecule has 3 N–H and O–H groups in total. The number of benzene rings is 3. The Morgan fingerprint density at radius 2 is 1.89 bits per heavy atom. The number of hydrogen-bond donors (Lipinski definition) is 3. The minimum atomic E-state index is -0.153. The minimum absolute atomic E-state index is 0.0424. The normalized spacial score (nSPS) is 10.8. The average molecular weight is 378 g/mol. The van der Waals surface area contributed by atoms with E-state index in [4.69, 9.17) is 9.84 Å². The van der Waals surface area contributed by atoms with E-state index in [9.17, 15) is 4.79 Å². The van der Waals surface area contributed by atoms with Gasteiger partial charge in [-0.1, -0.05) is 36.4 Å². The van der Waals surface area contributed by atoms with Gasteiger partial charge in [0.15, 0.2) is 0 Å². The van der Waals surface area contributed by atoms with Gasteiger partial charge in [0.2, 0.25) is 0 Å². The van der Waals surface area contributed by atoms with Crippen LogP contribution >= 0.6 is 0 Å². The lowest BCUT2D eigenvalue weighted by molar-refractivity contribution is 0.102. The third-order valence-electron chi connectivity index (χ3n) is 4.58. The Morgan fingerprint density at radius 3 is 2.71 bits per heavy atom. The van der Waals surface area contributed by atoms with Crippen LogP contribution in [-0.4, -0.2) is 37.8 Å². The van der Waals surface area contributed by atoms with Crippen LogP contribution in [0.5, 0.6) is 5.75 Å². The Morgan fingerprint density at radius 1 is 1.07 bits per heavy atom. The highest BCUT2D eigenvalue weighted by atomic mass is 16.5. The summed E-state index contributed by atoms with van der Waals surface area (Å²) < 4.78 is 5.63. The minimum Gasteiger partial charge on any atom is -0.491 e. The van der Waals surface area contributed by atoms with Crippen molar-refractivity contribution in [2.45, 2.75) is 12.8 Å². The SMILES string of the molecule is CNCCCc1cc(C(=O)Nc2cccc3ccccc23)ccc1OCCO. The maximum atomic E-state index is 12.9. The lowest BCUT2D eigenvalue weighted by atomic mass is 10.0. The van der Waals surface area contributed by atoms with Gasteiger partial charge in [0.1, 0.15) is 12.4 Å². The van der Waals surface area contributed by atoms with Gasteiger partial charge in [0.25, 0.3) is 5.91 Å². The Bertz CT molecular complexity index is 935. The van der Waals surface area contributed by atoms with Crippen molar-refractivity contribution < 1.29 is 14.6 Å². The third kappa shape index (κ3) is 4.88. The monoisotopic (exact) mass is 378 g/mol. The van der Waals surface area contributed by atoms with Crippen LogP contribution in [0, 0.1) is 0 Å². The smallest absolute Gasteiger partial charge is 0.255 e. The molecule has 1 amide bonds. The molecule has 3 aromatic rings. The van der Waals surface area contributed by atoms with E-state index >= 15 is 0 Å². The summed E-state index contributed by atoms with van der Waals surface area (Å²) >= 11 is 0. The Kier molecular flexibility index (Phi) is 7.00. The second-order valence-corrected chi connectivity index (χ2v) is 6.58. The topological polar surface area (TPSA) is 70.6 Å². The number of aryl methyl sites for hydroxylation is 1. The number of ether oxygens (including phenoxy) is 1. The zero-order valence-electron chi connectivity index (χ0n) is 16.1. The van der Waals surface area contributed by atoms with Gasteiger partial charge >= 0.3 is 0 Å². The van der Waals surface area contributed by atoms with E-state index in [0.29, 0.717) is 11.3 Å². The first-order valence-electron chi connectivity index (χ1n) is 9.53. The van der Waals surface area contributed by atoms with Crippen molar-refractivity contribution in [1.82, 2.24) is 5.32 Å². The van der Waals surface area contributed by atoms with Gasteiger partial charge in [0, 0.05) is 16.6 Å². The molecular weight excluding hydrogens is 352 g/mol. The van der Waals surface area contributed by atoms with Gasteiger partial charge in [0.05, 0.1) is 6.61 Å². The van der Waals surface area contributed by atoms with Gasteiger partial charge in [-0.3, -0.25) is 4.79 Å². The van der Waals surface area contributed by atoms with Gasteiger partial charge in [-0.25, -0.2) is 0 Å². The van der Waals surface area contributed by atoms with E-state index in [1.807, 2.05) is 61.6 Å². The third-order valence-corrected chi connectivity index (χ3v) is 4.58. The molecular formula is C23H26N2O3. The van der Waals surface area contributed by atoms with Crippen LogP contribution in [0.25, 0.3) is 10.8 Å². The van der Waals surface area contributed by atoms with E-state index in [-0.39, 0.29) is 19.1 Å². The molecule has 28 heavy (non-hydrogen) atoms. The maximum Gasteiger partial charge on any atom is 0.255 e. The maximum absolute atomic E-state index is 12.9. The highest BCUT2D eigenvalue weighted by Gasteiger charge is 2.12. The molecule has 0 fully saturated rings. The molecule has 3 aromatic carbocycles. The fourth-order valence-electron chi connectivity index (χ4n) is 3.20. The first kappa shape index (κ1) is 19.9. The number of carbonyl (C=O) groups excluding carboxylic acids is 1. The van der Waals surface area contributed by atoms with Crippen LogP contribution in [0.3, 0.4) is 0 Å². The largest absolute Gasteiger partial charge is 0.491 e. The number of amides is 1. The molecule has 0 aromatic heterocycles. The summed E-state index contributed by atoms with van der Waals surface area (Å²) in [6.45, 7) is 1.08. The number of fused-ring (bicyclic) bond motifs is 1. The molecule has 0 heterocycles. The highest BCUT2D eigenvalue weighted by molar-refractivity contribution is 6.09. The molecule has 0 unspecified atom stereocenters. The molecule has 0 aliphatic carbocycles. The van der Waals surface area contributed by atoms with Crippen molar-refractivity contribution in [2.24, 2.45) is 0 Å². The molecule has 0 aliphatic rings. The van der Waals surface area contributed by atoms with E-state index in [2.05, 4.69) is 10.6 Å². The fourth-order valence-corrected chi connectivity index (χ4v) is 3.20. The zero-order chi connectivity index (χ0) is 19.8. The molecule has 5 heteroatoms. The lowest BCUT2D eigenvalue weighted by Crippen LogP contribution is -2.14. The zero-order valence-corrected chi connectivity index (χ0v) is 16.1. The Labute approximate surface area is 165 Å². The summed E-state index contributed by atoms with van der Waals surface area (Å²) in [7, 11) is 1.91. The molecule has 0 saturated carbocycles. The number of rotatable bonds is 9. The molecule has 3 rings (SSSR count). The molecule has 0 bridgehead atoms. The standard InChI is InChI=1S/C23H26N2O3/c1-24-13-5-8-18-16-19(11-12-22(18)28-15-14-26)23(27)25-21-10-4-7-17-6-2-3-9-20(17)21/h2-4,6-7,9-12,16,24,26H,5,8,13-15H2,1H3,(H,25,27). The molecule has 0 radical (unpaired) electrons. The van der Waals surface area contributed by atoms with Crippen LogP contribution in [0.2, 0.25) is 0 Å². The number of hydrogen-bond acceptors (Lipinski definition) is 4. The Balaban J connectivity index is 1.82. The van der Waals surface area contributed by atoms with E-state index in [1.54, 1.807) is 6.07 Å². The summed E-state index contributed by atoms with van der Waals surface area (Å²) in [6.07, 6.45) is 1.72. The van der Waals surface area contributed by atoms with Crippen molar-refractivity contribution in [3.8, 4) is 5.75 Å². The second-order valence-electron chi connectivity index (χ2n) is 6.58. The van der Waals surface area contributed by atoms with Crippen molar-refractivity contribution >= 4 is 22.4 Å². The lowest BCUT2D eigenvalue weighted by Gasteiger charge is -2.13. The van der Waals surface area contributed by atoms with Gasteiger partial charge in [-0.2, -0.15) is 0 Å². The van der Waals surface area contributed by atoms with Gasteiger partial charge in [-0.15, -0.1) is 0 Å². The Hall–Kier alpha value is -2.89. The van der Waals surface area contributed by atoms with Crippen LogP contribution in [0.4, 0.5) is 5.69 Å². The predicted octanol–water partition coefficient (Wildman–Crippen LogP) is 3.62. The number of aliphatic hydroxyl groups is 1. The molecule has 146 valence electrons. The fraction of sp³-hybridized carbons (Fsp3) is 0.261. The number of nitrogens with one attached hydrogen (secondary N) is 2. The van der Waals surface area contributed by atoms with E-state index in [0.717, 1.165) is 41.4 Å². The first-order valence-corrected chi connectivity index (χ1v) is 9.53. The van der Waals surface area contributed by atoms with Crippen molar-refractivity contribution in [2.75, 3.05) is 32.1 Å². The number of carbonyl (C=O) groups is 1. The molecule has 0 aliphatic heterocycles. The van der Waals surface area contributed by atoms with Crippen molar-refractivity contribution in [3.05, 3.63) is 71.8 Å². The quantitative estimate of drug-likeness (QED) is 0.498. The molecule has 0 spiro atoms. The van der Waals surface area contributed by atoms with Gasteiger partial charge < -0.3 is 20.5 Å². The summed E-state index contributed by atoms with van der Waals surface area (Å²) in [6, 6.07) is 19.3. The summed E-state index contributed by atoms with van der Waals surface area (Å²) in [5.74, 6) is 0.562. The van der Waals surface area contributed by atoms with Gasteiger partial charge in [-0.05, 0) is 61.6 Å². The number of anilines is 1. The van der Waals surface area contributed by atoms with Crippen LogP contribution in [0.1, 0.15) is 22.3 Å². The average Bonchev–Trinajstić information content (AvgIpc) is 2.73. The van der Waals surface area contributed by atoms with Crippen molar-refractivity contribution in [1.29, 1.82) is 0 Å². The second kappa shape index (κ2) is 9.88. The van der Waals surface area contributed by atoms with E-state index in [1.165, 1.54) is 0 Å². The predicted molar refractivity (Wildman–Crippen MR) is 113 cm³/mol. The van der Waals surface area contributed by atoms with Crippen molar-refractivity contribution in [3.63, 3.8) is 0 Å². The highest BCUT2D eigenvalue weighted by Crippen LogP contribution is 2.25. The first-order chi connectivity index (χ1) is 13.7.